The lowest BCUT2D eigenvalue weighted by molar-refractivity contribution is 0.0721. The number of ether oxygens (including phenoxy) is 2. The predicted molar refractivity (Wildman–Crippen MR) is 25.2 cm³/mol. The van der Waals surface area contributed by atoms with Crippen molar-refractivity contribution in [2.75, 3.05) is 0 Å². The van der Waals surface area contributed by atoms with E-state index in [4.69, 9.17) is 5.11 Å². The lowest BCUT2D eigenvalue weighted by Gasteiger charge is -1.94. The highest BCUT2D eigenvalue weighted by molar-refractivity contribution is 5.84. The molecule has 0 radical (unpaired) electrons. The molecule has 0 aromatic carbocycles. The van der Waals surface area contributed by atoms with E-state index in [1.54, 1.807) is 0 Å². The fraction of sp³-hybridized carbons (Fsp3) is 0. The number of rotatable bonds is 0. The van der Waals surface area contributed by atoms with Gasteiger partial charge in [0.05, 0.1) is 0 Å². The molecular formula is C3H3NO6. The van der Waals surface area contributed by atoms with Crippen LogP contribution in [0.3, 0.4) is 0 Å². The summed E-state index contributed by atoms with van der Waals surface area (Å²) in [6.07, 6.45) is -4.96. The number of nitrogens with two attached hydrogens (primary N) is 1. The quantitative estimate of drug-likeness (QED) is 0.366. The summed E-state index contributed by atoms with van der Waals surface area (Å²) in [5.74, 6) is 0. The Labute approximate surface area is 54.3 Å². The first-order valence-electron chi connectivity index (χ1n) is 1.94. The van der Waals surface area contributed by atoms with Crippen molar-refractivity contribution in [3.8, 4) is 0 Å². The zero-order chi connectivity index (χ0) is 8.15. The summed E-state index contributed by atoms with van der Waals surface area (Å²) in [6.45, 7) is 0. The van der Waals surface area contributed by atoms with Crippen molar-refractivity contribution >= 4 is 18.4 Å². The number of primary amides is 1. The molecule has 0 aliphatic carbocycles. The van der Waals surface area contributed by atoms with Gasteiger partial charge in [-0.1, -0.05) is 0 Å². The largest absolute Gasteiger partial charge is 0.527 e. The molecule has 1 amide bonds. The van der Waals surface area contributed by atoms with E-state index in [0.29, 0.717) is 0 Å². The monoisotopic (exact) mass is 149 g/mol. The van der Waals surface area contributed by atoms with Gasteiger partial charge in [-0.25, -0.2) is 14.4 Å². The molecular weight excluding hydrogens is 146 g/mol. The van der Waals surface area contributed by atoms with Gasteiger partial charge < -0.3 is 20.3 Å². The van der Waals surface area contributed by atoms with Gasteiger partial charge in [-0.2, -0.15) is 0 Å². The van der Waals surface area contributed by atoms with Crippen molar-refractivity contribution in [1.82, 2.24) is 0 Å². The zero-order valence-corrected chi connectivity index (χ0v) is 4.57. The molecule has 3 N–H and O–H groups in total. The molecule has 7 heteroatoms. The van der Waals surface area contributed by atoms with Crippen LogP contribution in [-0.4, -0.2) is 23.5 Å². The van der Waals surface area contributed by atoms with Gasteiger partial charge in [-0.15, -0.1) is 0 Å². The van der Waals surface area contributed by atoms with E-state index in [-0.39, 0.29) is 0 Å². The first-order chi connectivity index (χ1) is 4.52. The summed E-state index contributed by atoms with van der Waals surface area (Å²) in [5.41, 5.74) is 4.31. The fourth-order valence-electron chi connectivity index (χ4n) is 0.174. The summed E-state index contributed by atoms with van der Waals surface area (Å²) in [7, 11) is 0. The maximum Gasteiger partial charge on any atom is 0.527 e. The third-order valence-corrected chi connectivity index (χ3v) is 0.355. The summed E-state index contributed by atoms with van der Waals surface area (Å²) in [4.78, 5) is 29.2. The molecule has 0 spiro atoms. The molecule has 0 saturated carbocycles. The Bertz CT molecular complexity index is 156. The number of carboxylic acid groups (broad SMARTS) is 1. The van der Waals surface area contributed by atoms with E-state index in [1.165, 1.54) is 0 Å². The zero-order valence-electron chi connectivity index (χ0n) is 4.57. The maximum atomic E-state index is 9.94. The number of hydrogen-bond donors (Lipinski definition) is 2. The van der Waals surface area contributed by atoms with Crippen LogP contribution in [0.15, 0.2) is 0 Å². The van der Waals surface area contributed by atoms with Crippen LogP contribution in [0.2, 0.25) is 0 Å². The van der Waals surface area contributed by atoms with Crippen LogP contribution in [0.1, 0.15) is 0 Å². The van der Waals surface area contributed by atoms with Crippen LogP contribution in [0.5, 0.6) is 0 Å². The minimum absolute atomic E-state index is 1.42. The molecule has 0 aliphatic rings. The standard InChI is InChI=1S/C3H3NO6/c4-1(5)9-3(8)10-2(6)7/h(H2,4,5)(H,6,7). The van der Waals surface area contributed by atoms with E-state index in [9.17, 15) is 14.4 Å². The van der Waals surface area contributed by atoms with Gasteiger partial charge in [0.1, 0.15) is 0 Å². The predicted octanol–water partition coefficient (Wildman–Crippen LogP) is -0.104. The average molecular weight is 149 g/mol. The second-order valence-corrected chi connectivity index (χ2v) is 1.04. The van der Waals surface area contributed by atoms with E-state index >= 15 is 0 Å². The molecule has 0 rings (SSSR count). The molecule has 56 valence electrons. The molecule has 0 atom stereocenters. The van der Waals surface area contributed by atoms with Gasteiger partial charge in [0.25, 0.3) is 0 Å². The van der Waals surface area contributed by atoms with E-state index < -0.39 is 18.4 Å². The third kappa shape index (κ3) is 4.37. The second kappa shape index (κ2) is 3.28. The highest BCUT2D eigenvalue weighted by Crippen LogP contribution is 1.84. The van der Waals surface area contributed by atoms with Gasteiger partial charge in [-0.3, -0.25) is 0 Å². The van der Waals surface area contributed by atoms with Crippen molar-refractivity contribution in [3.63, 3.8) is 0 Å². The molecule has 0 aliphatic heterocycles. The molecule has 7 nitrogen and oxygen atoms in total. The van der Waals surface area contributed by atoms with Crippen molar-refractivity contribution in [2.45, 2.75) is 0 Å². The highest BCUT2D eigenvalue weighted by Gasteiger charge is 2.11. The number of carbonyl (C=O) groups is 3. The SMILES string of the molecule is NC(=O)OC(=O)OC(=O)O. The average Bonchev–Trinajstić information content (AvgIpc) is 1.58. The Morgan fingerprint density at radius 3 is 2.00 bits per heavy atom. The number of hydrogen-bond acceptors (Lipinski definition) is 5. The minimum Gasteiger partial charge on any atom is -0.449 e. The third-order valence-electron chi connectivity index (χ3n) is 0.355. The molecule has 0 saturated heterocycles. The molecule has 0 fully saturated rings. The van der Waals surface area contributed by atoms with Gasteiger partial charge >= 0.3 is 18.4 Å². The minimum atomic E-state index is -1.87. The Hall–Kier alpha value is -1.79. The summed E-state index contributed by atoms with van der Waals surface area (Å²) in [6, 6.07) is 0. The van der Waals surface area contributed by atoms with E-state index in [1.807, 2.05) is 0 Å². The van der Waals surface area contributed by atoms with Gasteiger partial charge in [0, 0.05) is 0 Å². The molecule has 0 unspecified atom stereocenters. The molecule has 0 heterocycles. The van der Waals surface area contributed by atoms with Crippen LogP contribution in [0.25, 0.3) is 0 Å². The topological polar surface area (TPSA) is 116 Å². The fourth-order valence-corrected chi connectivity index (χ4v) is 0.174. The lowest BCUT2D eigenvalue weighted by Crippen LogP contribution is -2.20. The Morgan fingerprint density at radius 2 is 1.70 bits per heavy atom. The molecule has 0 bridgehead atoms. The maximum absolute atomic E-state index is 9.94. The molecule has 0 aromatic rings. The molecule has 10 heavy (non-hydrogen) atoms. The van der Waals surface area contributed by atoms with Crippen molar-refractivity contribution in [1.29, 1.82) is 0 Å². The first-order valence-corrected chi connectivity index (χ1v) is 1.94. The van der Waals surface area contributed by atoms with Crippen LogP contribution >= 0.6 is 0 Å². The van der Waals surface area contributed by atoms with Crippen molar-refractivity contribution in [3.05, 3.63) is 0 Å². The van der Waals surface area contributed by atoms with Gasteiger partial charge in [0.2, 0.25) is 0 Å². The van der Waals surface area contributed by atoms with E-state index in [2.05, 4.69) is 15.2 Å². The summed E-state index contributed by atoms with van der Waals surface area (Å²) < 4.78 is 6.77. The Balaban J connectivity index is 3.65. The Morgan fingerprint density at radius 1 is 1.20 bits per heavy atom. The van der Waals surface area contributed by atoms with Crippen LogP contribution in [-0.2, 0) is 9.47 Å². The van der Waals surface area contributed by atoms with Crippen LogP contribution in [0, 0.1) is 0 Å². The highest BCUT2D eigenvalue weighted by atomic mass is 16.8. The van der Waals surface area contributed by atoms with Gasteiger partial charge in [0.15, 0.2) is 0 Å². The summed E-state index contributed by atoms with van der Waals surface area (Å²) in [5, 5.41) is 7.72. The molecule has 0 aromatic heterocycles. The van der Waals surface area contributed by atoms with Gasteiger partial charge in [-0.05, 0) is 0 Å². The number of amides is 1. The second-order valence-electron chi connectivity index (χ2n) is 1.04. The smallest absolute Gasteiger partial charge is 0.449 e. The lowest BCUT2D eigenvalue weighted by atomic mass is 11.2. The van der Waals surface area contributed by atoms with Crippen LogP contribution < -0.4 is 5.73 Å². The Kier molecular flexibility index (Phi) is 2.69. The number of carbonyl (C=O) groups excluding carboxylic acids is 2. The van der Waals surface area contributed by atoms with Crippen molar-refractivity contribution in [2.24, 2.45) is 5.73 Å². The summed E-state index contributed by atoms with van der Waals surface area (Å²) >= 11 is 0. The first kappa shape index (κ1) is 8.21. The van der Waals surface area contributed by atoms with Crippen molar-refractivity contribution < 1.29 is 29.0 Å². The normalized spacial score (nSPS) is 8.00. The van der Waals surface area contributed by atoms with E-state index in [0.717, 1.165) is 0 Å². The van der Waals surface area contributed by atoms with Crippen LogP contribution in [0.4, 0.5) is 14.4 Å².